The summed E-state index contributed by atoms with van der Waals surface area (Å²) in [5.74, 6) is -0.822. The Bertz CT molecular complexity index is 610. The molecule has 0 saturated carbocycles. The van der Waals surface area contributed by atoms with Crippen molar-refractivity contribution in [1.29, 1.82) is 0 Å². The third kappa shape index (κ3) is 3.85. The monoisotopic (exact) mass is 325 g/mol. The highest BCUT2D eigenvalue weighted by Gasteiger charge is 2.20. The molecule has 8 heteroatoms. The van der Waals surface area contributed by atoms with E-state index in [9.17, 15) is 9.59 Å². The molecule has 0 fully saturated rings. The van der Waals surface area contributed by atoms with Crippen LogP contribution in [0, 0.1) is 0 Å². The number of ether oxygens (including phenoxy) is 1. The van der Waals surface area contributed by atoms with E-state index in [1.54, 1.807) is 18.5 Å². The van der Waals surface area contributed by atoms with Crippen molar-refractivity contribution in [3.05, 3.63) is 32.7 Å². The molecule has 2 aromatic rings. The largest absolute Gasteiger partial charge is 0.461 e. The molecule has 0 aliphatic carbocycles. The fourth-order valence-corrected chi connectivity index (χ4v) is 3.10. The Morgan fingerprint density at radius 2 is 2.19 bits per heavy atom. The smallest absolute Gasteiger partial charge is 0.367 e. The molecule has 2 rings (SSSR count). The second-order valence-corrected chi connectivity index (χ2v) is 5.85. The van der Waals surface area contributed by atoms with E-state index in [0.29, 0.717) is 0 Å². The van der Waals surface area contributed by atoms with Gasteiger partial charge in [-0.05, 0) is 13.3 Å². The fourth-order valence-electron chi connectivity index (χ4n) is 1.64. The van der Waals surface area contributed by atoms with Gasteiger partial charge in [-0.3, -0.25) is 4.79 Å². The maximum atomic E-state index is 12.2. The lowest BCUT2D eigenvalue weighted by Gasteiger charge is -2.13. The Balaban J connectivity index is 2.05. The van der Waals surface area contributed by atoms with E-state index in [4.69, 9.17) is 4.74 Å². The van der Waals surface area contributed by atoms with Crippen molar-refractivity contribution in [2.45, 2.75) is 26.3 Å². The number of carbonyl (C=O) groups is 2. The third-order valence-corrected chi connectivity index (χ3v) is 4.36. The minimum atomic E-state index is -0.506. The molecule has 0 saturated heterocycles. The number of nitrogens with one attached hydrogen (secondary N) is 1. The van der Waals surface area contributed by atoms with E-state index in [1.165, 1.54) is 11.3 Å². The minimum absolute atomic E-state index is 0.148. The Hall–Kier alpha value is -1.80. The molecular formula is C13H15N3O3S2. The second kappa shape index (κ2) is 7.28. The molecule has 0 radical (unpaired) electrons. The van der Waals surface area contributed by atoms with E-state index < -0.39 is 5.97 Å². The van der Waals surface area contributed by atoms with Crippen LogP contribution in [0.5, 0.6) is 0 Å². The fraction of sp³-hybridized carbons (Fsp3) is 0.385. The van der Waals surface area contributed by atoms with E-state index in [-0.39, 0.29) is 29.3 Å². The van der Waals surface area contributed by atoms with Crippen molar-refractivity contribution in [1.82, 2.24) is 15.3 Å². The van der Waals surface area contributed by atoms with E-state index in [2.05, 4.69) is 15.3 Å². The summed E-state index contributed by atoms with van der Waals surface area (Å²) in [4.78, 5) is 31.9. The van der Waals surface area contributed by atoms with E-state index in [1.807, 2.05) is 12.3 Å². The van der Waals surface area contributed by atoms with Crippen LogP contribution in [0.25, 0.3) is 0 Å². The number of nitrogens with zero attached hydrogens (tertiary/aromatic N) is 2. The summed E-state index contributed by atoms with van der Waals surface area (Å²) >= 11 is 2.59. The van der Waals surface area contributed by atoms with Crippen LogP contribution in [0.3, 0.4) is 0 Å². The number of hydrogen-bond donors (Lipinski definition) is 1. The highest BCUT2D eigenvalue weighted by molar-refractivity contribution is 7.11. The average molecular weight is 325 g/mol. The average Bonchev–Trinajstić information content (AvgIpc) is 3.15. The van der Waals surface area contributed by atoms with Crippen molar-refractivity contribution < 1.29 is 14.3 Å². The number of carbonyl (C=O) groups excluding carboxylic acids is 2. The molecule has 1 unspecified atom stereocenters. The van der Waals surface area contributed by atoms with Crippen molar-refractivity contribution in [3.63, 3.8) is 0 Å². The first-order valence-electron chi connectivity index (χ1n) is 6.48. The van der Waals surface area contributed by atoms with Gasteiger partial charge in [-0.1, -0.05) is 6.92 Å². The summed E-state index contributed by atoms with van der Waals surface area (Å²) in [6, 6.07) is -0.148. The van der Waals surface area contributed by atoms with Gasteiger partial charge in [-0.15, -0.1) is 22.7 Å². The van der Waals surface area contributed by atoms with Gasteiger partial charge in [0.2, 0.25) is 5.01 Å². The highest BCUT2D eigenvalue weighted by atomic mass is 32.1. The zero-order chi connectivity index (χ0) is 15.2. The maximum absolute atomic E-state index is 12.2. The predicted molar refractivity (Wildman–Crippen MR) is 80.7 cm³/mol. The normalized spacial score (nSPS) is 11.9. The minimum Gasteiger partial charge on any atom is -0.461 e. The Labute approximate surface area is 130 Å². The SMILES string of the molecule is CCOC(=O)c1nc(C(=O)NC(CC)c2nccs2)cs1. The molecule has 0 aromatic carbocycles. The van der Waals surface area contributed by atoms with Crippen LogP contribution in [0.2, 0.25) is 0 Å². The zero-order valence-corrected chi connectivity index (χ0v) is 13.3. The first kappa shape index (κ1) is 15.6. The van der Waals surface area contributed by atoms with Gasteiger partial charge in [-0.2, -0.15) is 0 Å². The molecule has 112 valence electrons. The summed E-state index contributed by atoms with van der Waals surface area (Å²) in [6.07, 6.45) is 2.44. The molecule has 0 spiro atoms. The topological polar surface area (TPSA) is 81.2 Å². The van der Waals surface area contributed by atoms with Gasteiger partial charge < -0.3 is 10.1 Å². The first-order chi connectivity index (χ1) is 10.2. The number of esters is 1. The van der Waals surface area contributed by atoms with Crippen molar-refractivity contribution >= 4 is 34.6 Å². The molecule has 21 heavy (non-hydrogen) atoms. The second-order valence-electron chi connectivity index (χ2n) is 4.06. The summed E-state index contributed by atoms with van der Waals surface area (Å²) in [5, 5.41) is 7.33. The lowest BCUT2D eigenvalue weighted by Crippen LogP contribution is -2.28. The Kier molecular flexibility index (Phi) is 5.40. The molecule has 1 amide bonds. The molecule has 2 heterocycles. The first-order valence-corrected chi connectivity index (χ1v) is 8.24. The highest BCUT2D eigenvalue weighted by Crippen LogP contribution is 2.20. The molecule has 0 aliphatic heterocycles. The predicted octanol–water partition coefficient (Wildman–Crippen LogP) is 2.66. The van der Waals surface area contributed by atoms with Crippen LogP contribution in [0.1, 0.15) is 51.6 Å². The van der Waals surface area contributed by atoms with E-state index in [0.717, 1.165) is 22.8 Å². The number of amides is 1. The van der Waals surface area contributed by atoms with Crippen LogP contribution in [-0.4, -0.2) is 28.5 Å². The zero-order valence-electron chi connectivity index (χ0n) is 11.7. The summed E-state index contributed by atoms with van der Waals surface area (Å²) in [6.45, 7) is 3.97. The quantitative estimate of drug-likeness (QED) is 0.826. The summed E-state index contributed by atoms with van der Waals surface area (Å²) < 4.78 is 4.85. The van der Waals surface area contributed by atoms with Gasteiger partial charge in [0.05, 0.1) is 12.6 Å². The van der Waals surface area contributed by atoms with Crippen molar-refractivity contribution in [2.24, 2.45) is 0 Å². The Morgan fingerprint density at radius 3 is 2.81 bits per heavy atom. The number of hydrogen-bond acceptors (Lipinski definition) is 7. The molecule has 1 N–H and O–H groups in total. The third-order valence-electron chi connectivity index (χ3n) is 2.65. The lowest BCUT2D eigenvalue weighted by atomic mass is 10.2. The molecule has 0 aliphatic rings. The molecule has 1 atom stereocenters. The number of thiazole rings is 2. The standard InChI is InChI=1S/C13H15N3O3S2/c1-3-8(11-14-5-6-20-11)15-10(17)9-7-21-12(16-9)13(18)19-4-2/h5-8H,3-4H2,1-2H3,(H,15,17). The lowest BCUT2D eigenvalue weighted by molar-refractivity contribution is 0.0526. The van der Waals surface area contributed by atoms with Gasteiger partial charge in [0, 0.05) is 17.0 Å². The number of rotatable bonds is 6. The van der Waals surface area contributed by atoms with Crippen LogP contribution in [0.4, 0.5) is 0 Å². The van der Waals surface area contributed by atoms with Crippen LogP contribution < -0.4 is 5.32 Å². The van der Waals surface area contributed by atoms with Crippen LogP contribution in [0.15, 0.2) is 17.0 Å². The Morgan fingerprint density at radius 1 is 1.38 bits per heavy atom. The van der Waals surface area contributed by atoms with E-state index >= 15 is 0 Å². The van der Waals surface area contributed by atoms with Crippen molar-refractivity contribution in [2.75, 3.05) is 6.61 Å². The molecule has 6 nitrogen and oxygen atoms in total. The molecule has 2 aromatic heterocycles. The van der Waals surface area contributed by atoms with Crippen molar-refractivity contribution in [3.8, 4) is 0 Å². The molecular weight excluding hydrogens is 310 g/mol. The van der Waals surface area contributed by atoms with Gasteiger partial charge in [0.1, 0.15) is 10.7 Å². The summed E-state index contributed by atoms with van der Waals surface area (Å²) in [7, 11) is 0. The van der Waals surface area contributed by atoms with Gasteiger partial charge in [0.15, 0.2) is 0 Å². The van der Waals surface area contributed by atoms with Gasteiger partial charge in [-0.25, -0.2) is 14.8 Å². The maximum Gasteiger partial charge on any atom is 0.367 e. The molecule has 0 bridgehead atoms. The summed E-state index contributed by atoms with van der Waals surface area (Å²) in [5.41, 5.74) is 0.220. The van der Waals surface area contributed by atoms with Crippen LogP contribution in [-0.2, 0) is 4.74 Å². The van der Waals surface area contributed by atoms with Crippen LogP contribution >= 0.6 is 22.7 Å². The van der Waals surface area contributed by atoms with Gasteiger partial charge >= 0.3 is 5.97 Å². The number of aromatic nitrogens is 2. The van der Waals surface area contributed by atoms with Gasteiger partial charge in [0.25, 0.3) is 5.91 Å².